The number of rotatable bonds is 2. The molecule has 1 aliphatic heterocycles. The molecule has 0 bridgehead atoms. The molecule has 1 aromatic carbocycles. The Morgan fingerprint density at radius 2 is 2.00 bits per heavy atom. The third-order valence-electron chi connectivity index (χ3n) is 4.00. The van der Waals surface area contributed by atoms with Gasteiger partial charge >= 0.3 is 6.18 Å². The first-order chi connectivity index (χ1) is 10.7. The zero-order valence-corrected chi connectivity index (χ0v) is 13.1. The molecule has 0 spiro atoms. The lowest BCUT2D eigenvalue weighted by Gasteiger charge is -2.24. The number of halogens is 3. The Morgan fingerprint density at radius 3 is 2.57 bits per heavy atom. The Kier molecular flexibility index (Phi) is 3.76. The van der Waals surface area contributed by atoms with Crippen LogP contribution in [0.1, 0.15) is 17.5 Å². The molecule has 4 nitrogen and oxygen atoms in total. The number of hydrogen-bond acceptors (Lipinski definition) is 2. The van der Waals surface area contributed by atoms with Crippen LogP contribution in [0.5, 0.6) is 0 Å². The van der Waals surface area contributed by atoms with Crippen molar-refractivity contribution in [1.82, 2.24) is 9.29 Å². The van der Waals surface area contributed by atoms with Gasteiger partial charge in [-0.1, -0.05) is 6.08 Å². The van der Waals surface area contributed by atoms with Gasteiger partial charge in [0.2, 0.25) is 10.0 Å². The number of hydrogen-bond donors (Lipinski definition) is 1. The predicted molar refractivity (Wildman–Crippen MR) is 82.3 cm³/mol. The maximum absolute atomic E-state index is 12.9. The highest BCUT2D eigenvalue weighted by molar-refractivity contribution is 7.88. The van der Waals surface area contributed by atoms with Gasteiger partial charge in [-0.2, -0.15) is 17.5 Å². The van der Waals surface area contributed by atoms with Gasteiger partial charge in [0.25, 0.3) is 0 Å². The van der Waals surface area contributed by atoms with Crippen LogP contribution in [0.15, 0.2) is 30.5 Å². The summed E-state index contributed by atoms with van der Waals surface area (Å²) in [5.74, 6) is 0. The van der Waals surface area contributed by atoms with E-state index < -0.39 is 21.8 Å². The van der Waals surface area contributed by atoms with Crippen molar-refractivity contribution in [3.8, 4) is 0 Å². The molecule has 0 fully saturated rings. The summed E-state index contributed by atoms with van der Waals surface area (Å²) in [6.45, 7) is 0.566. The predicted octanol–water partition coefficient (Wildman–Crippen LogP) is 3.24. The molecule has 0 aliphatic carbocycles. The number of nitrogens with one attached hydrogen (secondary N) is 1. The minimum Gasteiger partial charge on any atom is -0.361 e. The fourth-order valence-electron chi connectivity index (χ4n) is 2.76. The van der Waals surface area contributed by atoms with Gasteiger partial charge in [0.1, 0.15) is 0 Å². The van der Waals surface area contributed by atoms with Crippen LogP contribution in [-0.4, -0.2) is 37.1 Å². The molecule has 23 heavy (non-hydrogen) atoms. The lowest BCUT2D eigenvalue weighted by atomic mass is 9.98. The Balaban J connectivity index is 1.99. The van der Waals surface area contributed by atoms with Crippen LogP contribution in [0, 0.1) is 0 Å². The lowest BCUT2D eigenvalue weighted by Crippen LogP contribution is -2.33. The summed E-state index contributed by atoms with van der Waals surface area (Å²) in [7, 11) is -3.25. The van der Waals surface area contributed by atoms with E-state index in [-0.39, 0.29) is 6.54 Å². The van der Waals surface area contributed by atoms with E-state index >= 15 is 0 Å². The van der Waals surface area contributed by atoms with Gasteiger partial charge in [0.15, 0.2) is 0 Å². The Labute approximate surface area is 131 Å². The quantitative estimate of drug-likeness (QED) is 0.909. The van der Waals surface area contributed by atoms with Gasteiger partial charge in [-0.05, 0) is 30.2 Å². The standard InChI is InChI=1S/C15H15F3N2O2S/c1-23(21,22)20-6-4-10(5-7-20)13-9-19-14-3-2-11(8-12(13)14)15(16,17)18/h2-4,8-9,19H,5-7H2,1H3. The fourth-order valence-corrected chi connectivity index (χ4v) is 3.53. The van der Waals surface area contributed by atoms with Crippen LogP contribution in [0.4, 0.5) is 13.2 Å². The van der Waals surface area contributed by atoms with Gasteiger partial charge in [-0.3, -0.25) is 0 Å². The molecule has 0 radical (unpaired) electrons. The second-order valence-corrected chi connectivity index (χ2v) is 7.54. The number of alkyl halides is 3. The average molecular weight is 344 g/mol. The Bertz CT molecular complexity index is 882. The van der Waals surface area contributed by atoms with E-state index in [1.807, 2.05) is 0 Å². The van der Waals surface area contributed by atoms with Crippen molar-refractivity contribution >= 4 is 26.5 Å². The van der Waals surface area contributed by atoms with Crippen molar-refractivity contribution < 1.29 is 21.6 Å². The number of fused-ring (bicyclic) bond motifs is 1. The highest BCUT2D eigenvalue weighted by Crippen LogP contribution is 2.35. The minimum absolute atomic E-state index is 0.236. The lowest BCUT2D eigenvalue weighted by molar-refractivity contribution is -0.137. The van der Waals surface area contributed by atoms with Gasteiger partial charge in [0.05, 0.1) is 11.8 Å². The van der Waals surface area contributed by atoms with E-state index in [0.717, 1.165) is 24.0 Å². The SMILES string of the molecule is CS(=O)(=O)N1CC=C(c2c[nH]c3ccc(C(F)(F)F)cc23)CC1. The molecule has 1 aromatic heterocycles. The van der Waals surface area contributed by atoms with Gasteiger partial charge in [-0.15, -0.1) is 0 Å². The maximum atomic E-state index is 12.9. The van der Waals surface area contributed by atoms with Gasteiger partial charge in [-0.25, -0.2) is 8.42 Å². The summed E-state index contributed by atoms with van der Waals surface area (Å²) in [6.07, 6.45) is 0.653. The summed E-state index contributed by atoms with van der Waals surface area (Å²) in [6, 6.07) is 3.59. The monoisotopic (exact) mass is 344 g/mol. The minimum atomic E-state index is -4.39. The zero-order valence-electron chi connectivity index (χ0n) is 12.3. The summed E-state index contributed by atoms with van der Waals surface area (Å²) in [4.78, 5) is 2.97. The Hall–Kier alpha value is -1.80. The third-order valence-corrected chi connectivity index (χ3v) is 5.27. The van der Waals surface area contributed by atoms with Crippen LogP contribution >= 0.6 is 0 Å². The summed E-state index contributed by atoms with van der Waals surface area (Å²) in [5.41, 5.74) is 1.48. The van der Waals surface area contributed by atoms with Crippen molar-refractivity contribution in [3.05, 3.63) is 41.6 Å². The van der Waals surface area contributed by atoms with E-state index in [2.05, 4.69) is 4.98 Å². The van der Waals surface area contributed by atoms with E-state index in [0.29, 0.717) is 29.4 Å². The van der Waals surface area contributed by atoms with Crippen molar-refractivity contribution in [1.29, 1.82) is 0 Å². The zero-order chi connectivity index (χ0) is 16.8. The fraction of sp³-hybridized carbons (Fsp3) is 0.333. The van der Waals surface area contributed by atoms with E-state index in [1.54, 1.807) is 12.3 Å². The van der Waals surface area contributed by atoms with Crippen molar-refractivity contribution in [2.45, 2.75) is 12.6 Å². The number of benzene rings is 1. The van der Waals surface area contributed by atoms with Crippen LogP contribution in [-0.2, 0) is 16.2 Å². The molecule has 0 unspecified atom stereocenters. The van der Waals surface area contributed by atoms with Crippen molar-refractivity contribution in [3.63, 3.8) is 0 Å². The van der Waals surface area contributed by atoms with E-state index in [1.165, 1.54) is 10.4 Å². The molecule has 0 amide bonds. The van der Waals surface area contributed by atoms with Crippen molar-refractivity contribution in [2.75, 3.05) is 19.3 Å². The average Bonchev–Trinajstić information content (AvgIpc) is 2.88. The highest BCUT2D eigenvalue weighted by atomic mass is 32.2. The number of H-pyrrole nitrogens is 1. The maximum Gasteiger partial charge on any atom is 0.416 e. The molecule has 3 rings (SSSR count). The Morgan fingerprint density at radius 1 is 1.26 bits per heavy atom. The molecule has 2 aromatic rings. The van der Waals surface area contributed by atoms with Crippen LogP contribution < -0.4 is 0 Å². The second-order valence-electron chi connectivity index (χ2n) is 5.56. The topological polar surface area (TPSA) is 53.2 Å². The number of nitrogens with zero attached hydrogens (tertiary/aromatic N) is 1. The molecule has 8 heteroatoms. The van der Waals surface area contributed by atoms with Crippen LogP contribution in [0.25, 0.3) is 16.5 Å². The van der Waals surface area contributed by atoms with Gasteiger partial charge < -0.3 is 4.98 Å². The first-order valence-electron chi connectivity index (χ1n) is 6.99. The van der Waals surface area contributed by atoms with E-state index in [4.69, 9.17) is 0 Å². The van der Waals surface area contributed by atoms with Crippen molar-refractivity contribution in [2.24, 2.45) is 0 Å². The second kappa shape index (κ2) is 5.38. The molecule has 0 saturated carbocycles. The van der Waals surface area contributed by atoms with Crippen LogP contribution in [0.2, 0.25) is 0 Å². The molecule has 0 saturated heterocycles. The molecular formula is C15H15F3N2O2S. The number of aromatic nitrogens is 1. The molecule has 1 aliphatic rings. The normalized spacial score (nSPS) is 17.5. The highest BCUT2D eigenvalue weighted by Gasteiger charge is 2.31. The molecule has 1 N–H and O–H groups in total. The van der Waals surface area contributed by atoms with E-state index in [9.17, 15) is 21.6 Å². The first kappa shape index (κ1) is 16.1. The summed E-state index contributed by atoms with van der Waals surface area (Å²) in [5, 5.41) is 0.499. The third kappa shape index (κ3) is 3.13. The number of aromatic amines is 1. The molecule has 124 valence electrons. The number of sulfonamides is 1. The smallest absolute Gasteiger partial charge is 0.361 e. The summed E-state index contributed by atoms with van der Waals surface area (Å²) < 4.78 is 63.0. The van der Waals surface area contributed by atoms with Gasteiger partial charge in [0, 0.05) is 35.8 Å². The largest absolute Gasteiger partial charge is 0.416 e. The molecule has 0 atom stereocenters. The van der Waals surface area contributed by atoms with Crippen LogP contribution in [0.3, 0.4) is 0 Å². The molecular weight excluding hydrogens is 329 g/mol. The summed E-state index contributed by atoms with van der Waals surface area (Å²) >= 11 is 0. The molecule has 2 heterocycles. The first-order valence-corrected chi connectivity index (χ1v) is 8.84.